The zero-order valence-corrected chi connectivity index (χ0v) is 9.19. The molecule has 0 saturated carbocycles. The summed E-state index contributed by atoms with van der Waals surface area (Å²) >= 11 is 0. The Hall–Kier alpha value is -1.15. The molecule has 1 heterocycles. The van der Waals surface area contributed by atoms with Crippen molar-refractivity contribution in [2.75, 3.05) is 0 Å². The van der Waals surface area contributed by atoms with Crippen LogP contribution in [0, 0.1) is 6.92 Å². The van der Waals surface area contributed by atoms with Crippen LogP contribution in [-0.2, 0) is 15.1 Å². The maximum Gasteiger partial charge on any atom is 0.148 e. The largest absolute Gasteiger partial charge is 0.360 e. The third-order valence-electron chi connectivity index (χ3n) is 3.13. The predicted molar refractivity (Wildman–Crippen MR) is 58.7 cm³/mol. The van der Waals surface area contributed by atoms with Crippen LogP contribution in [0.15, 0.2) is 24.3 Å². The van der Waals surface area contributed by atoms with E-state index in [-0.39, 0.29) is 11.7 Å². The maximum atomic E-state index is 10.7. The number of hydrogen-bond donors (Lipinski definition) is 0. The second-order valence-electron chi connectivity index (χ2n) is 4.43. The van der Waals surface area contributed by atoms with Crippen molar-refractivity contribution in [2.24, 2.45) is 0 Å². The number of aldehydes is 1. The maximum absolute atomic E-state index is 10.7. The van der Waals surface area contributed by atoms with Crippen molar-refractivity contribution in [1.29, 1.82) is 0 Å². The van der Waals surface area contributed by atoms with Gasteiger partial charge in [0, 0.05) is 0 Å². The van der Waals surface area contributed by atoms with Gasteiger partial charge in [-0.3, -0.25) is 0 Å². The van der Waals surface area contributed by atoms with E-state index in [9.17, 15) is 4.79 Å². The number of ether oxygens (including phenoxy) is 1. The van der Waals surface area contributed by atoms with Crippen LogP contribution in [0.25, 0.3) is 0 Å². The first kappa shape index (κ1) is 10.4. The van der Waals surface area contributed by atoms with Gasteiger partial charge in [-0.25, -0.2) is 0 Å². The van der Waals surface area contributed by atoms with Crippen LogP contribution in [0.3, 0.4) is 0 Å². The van der Waals surface area contributed by atoms with E-state index in [1.807, 2.05) is 0 Å². The van der Waals surface area contributed by atoms with Crippen LogP contribution >= 0.6 is 0 Å². The highest BCUT2D eigenvalue weighted by molar-refractivity contribution is 5.56. The molecule has 0 radical (unpaired) electrons. The summed E-state index contributed by atoms with van der Waals surface area (Å²) in [6, 6.07) is 8.33. The molecule has 1 fully saturated rings. The second kappa shape index (κ2) is 3.78. The molecule has 2 heteroatoms. The quantitative estimate of drug-likeness (QED) is 0.692. The van der Waals surface area contributed by atoms with Crippen molar-refractivity contribution in [1.82, 2.24) is 0 Å². The molecule has 2 rings (SSSR count). The predicted octanol–water partition coefficient (Wildman–Crippen LogP) is 2.59. The Kier molecular flexibility index (Phi) is 2.61. The molecule has 0 spiro atoms. The summed E-state index contributed by atoms with van der Waals surface area (Å²) in [5, 5.41) is 0. The number of rotatable bonds is 2. The Balaban J connectivity index is 2.23. The lowest BCUT2D eigenvalue weighted by molar-refractivity contribution is -0.122. The van der Waals surface area contributed by atoms with Crippen LogP contribution in [0.2, 0.25) is 0 Å². The van der Waals surface area contributed by atoms with Crippen LogP contribution in [0.5, 0.6) is 0 Å². The Labute approximate surface area is 90.3 Å². The highest BCUT2D eigenvalue weighted by Gasteiger charge is 2.37. The van der Waals surface area contributed by atoms with Crippen LogP contribution in [0.1, 0.15) is 30.9 Å². The highest BCUT2D eigenvalue weighted by Crippen LogP contribution is 2.38. The molecular weight excluding hydrogens is 188 g/mol. The van der Waals surface area contributed by atoms with Crippen molar-refractivity contribution in [3.05, 3.63) is 35.4 Å². The van der Waals surface area contributed by atoms with E-state index in [0.717, 1.165) is 24.7 Å². The third-order valence-corrected chi connectivity index (χ3v) is 3.13. The van der Waals surface area contributed by atoms with Crippen molar-refractivity contribution in [3.63, 3.8) is 0 Å². The van der Waals surface area contributed by atoms with Crippen LogP contribution < -0.4 is 0 Å². The van der Waals surface area contributed by atoms with E-state index in [1.165, 1.54) is 5.56 Å². The molecule has 2 unspecified atom stereocenters. The third kappa shape index (κ3) is 1.95. The highest BCUT2D eigenvalue weighted by atomic mass is 16.5. The van der Waals surface area contributed by atoms with Gasteiger partial charge in [-0.1, -0.05) is 29.8 Å². The molecule has 80 valence electrons. The van der Waals surface area contributed by atoms with Gasteiger partial charge in [0.05, 0.1) is 5.60 Å². The van der Waals surface area contributed by atoms with Gasteiger partial charge >= 0.3 is 0 Å². The van der Waals surface area contributed by atoms with E-state index in [1.54, 1.807) is 0 Å². The van der Waals surface area contributed by atoms with E-state index in [0.29, 0.717) is 0 Å². The molecule has 1 aromatic carbocycles. The van der Waals surface area contributed by atoms with E-state index in [4.69, 9.17) is 4.74 Å². The standard InChI is InChI=1S/C13H16O2/c1-10-3-5-11(6-4-10)13(2)8-7-12(9-14)15-13/h3-6,9,12H,7-8H2,1-2H3. The molecule has 2 nitrogen and oxygen atoms in total. The zero-order chi connectivity index (χ0) is 10.9. The molecule has 1 saturated heterocycles. The summed E-state index contributed by atoms with van der Waals surface area (Å²) in [7, 11) is 0. The summed E-state index contributed by atoms with van der Waals surface area (Å²) in [6.45, 7) is 4.12. The summed E-state index contributed by atoms with van der Waals surface area (Å²) in [5.41, 5.74) is 2.13. The van der Waals surface area contributed by atoms with Crippen molar-refractivity contribution in [2.45, 2.75) is 38.4 Å². The number of carbonyl (C=O) groups excluding carboxylic acids is 1. The molecule has 1 aliphatic rings. The summed E-state index contributed by atoms with van der Waals surface area (Å²) < 4.78 is 5.76. The second-order valence-corrected chi connectivity index (χ2v) is 4.43. The van der Waals surface area contributed by atoms with E-state index < -0.39 is 0 Å². The Morgan fingerprint density at radius 3 is 2.60 bits per heavy atom. The van der Waals surface area contributed by atoms with Crippen molar-refractivity contribution in [3.8, 4) is 0 Å². The van der Waals surface area contributed by atoms with E-state index >= 15 is 0 Å². The number of carbonyl (C=O) groups is 1. The van der Waals surface area contributed by atoms with Crippen molar-refractivity contribution >= 4 is 6.29 Å². The molecule has 0 aromatic heterocycles. The minimum absolute atomic E-state index is 0.226. The first-order valence-electron chi connectivity index (χ1n) is 5.34. The van der Waals surface area contributed by atoms with Gasteiger partial charge in [0.2, 0.25) is 0 Å². The minimum Gasteiger partial charge on any atom is -0.360 e. The van der Waals surface area contributed by atoms with Gasteiger partial charge in [-0.05, 0) is 32.3 Å². The molecule has 0 bridgehead atoms. The lowest BCUT2D eigenvalue weighted by Gasteiger charge is -2.24. The zero-order valence-electron chi connectivity index (χ0n) is 9.19. The fourth-order valence-corrected chi connectivity index (χ4v) is 2.08. The SMILES string of the molecule is Cc1ccc(C2(C)CCC(C=O)O2)cc1. The molecule has 0 aliphatic carbocycles. The molecule has 0 amide bonds. The average molecular weight is 204 g/mol. The molecular formula is C13H16O2. The van der Waals surface area contributed by atoms with Gasteiger partial charge < -0.3 is 9.53 Å². The number of benzene rings is 1. The number of hydrogen-bond acceptors (Lipinski definition) is 2. The average Bonchev–Trinajstić information content (AvgIpc) is 2.62. The fourth-order valence-electron chi connectivity index (χ4n) is 2.08. The molecule has 1 aliphatic heterocycles. The first-order valence-corrected chi connectivity index (χ1v) is 5.34. The van der Waals surface area contributed by atoms with Crippen LogP contribution in [-0.4, -0.2) is 12.4 Å². The van der Waals surface area contributed by atoms with Gasteiger partial charge in [0.1, 0.15) is 12.4 Å². The fraction of sp³-hybridized carbons (Fsp3) is 0.462. The van der Waals surface area contributed by atoms with Crippen molar-refractivity contribution < 1.29 is 9.53 Å². The van der Waals surface area contributed by atoms with Gasteiger partial charge in [0.15, 0.2) is 0 Å². The smallest absolute Gasteiger partial charge is 0.148 e. The summed E-state index contributed by atoms with van der Waals surface area (Å²) in [4.78, 5) is 10.7. The lowest BCUT2D eigenvalue weighted by Crippen LogP contribution is -2.22. The van der Waals surface area contributed by atoms with Gasteiger partial charge in [0.25, 0.3) is 0 Å². The Bertz CT molecular complexity index is 355. The Morgan fingerprint density at radius 2 is 2.07 bits per heavy atom. The Morgan fingerprint density at radius 1 is 1.40 bits per heavy atom. The minimum atomic E-state index is -0.278. The normalized spacial score (nSPS) is 30.4. The molecule has 15 heavy (non-hydrogen) atoms. The first-order chi connectivity index (χ1) is 7.14. The molecule has 0 N–H and O–H groups in total. The van der Waals surface area contributed by atoms with Gasteiger partial charge in [-0.2, -0.15) is 0 Å². The monoisotopic (exact) mass is 204 g/mol. The number of aryl methyl sites for hydroxylation is 1. The summed E-state index contributed by atoms with van der Waals surface area (Å²) in [5.74, 6) is 0. The van der Waals surface area contributed by atoms with Crippen LogP contribution in [0.4, 0.5) is 0 Å². The van der Waals surface area contributed by atoms with Gasteiger partial charge in [-0.15, -0.1) is 0 Å². The lowest BCUT2D eigenvalue weighted by atomic mass is 9.92. The topological polar surface area (TPSA) is 26.3 Å². The summed E-state index contributed by atoms with van der Waals surface area (Å²) in [6.07, 6.45) is 2.42. The molecule has 1 aromatic rings. The van der Waals surface area contributed by atoms with E-state index in [2.05, 4.69) is 38.1 Å². The molecule has 2 atom stereocenters.